The van der Waals surface area contributed by atoms with Crippen LogP contribution in [0.1, 0.15) is 64.2 Å². The maximum atomic E-state index is 11.1. The fourth-order valence-electron chi connectivity index (χ4n) is 5.27. The van der Waals surface area contributed by atoms with Crippen LogP contribution in [0.5, 0.6) is 0 Å². The summed E-state index contributed by atoms with van der Waals surface area (Å²) < 4.78 is 0. The van der Waals surface area contributed by atoms with Crippen molar-refractivity contribution in [2.24, 2.45) is 11.3 Å². The summed E-state index contributed by atoms with van der Waals surface area (Å²) in [5.74, 6) is -1.97. The standard InChI is InChI=1S/C15H26O4/c16-12-7-10-14(17,15(12,18)19)13(8-3-4-9-13)11-5-1-2-6-11/h11-12,16-19H,1-10H2. The third-order valence-electron chi connectivity index (χ3n) is 6.31. The van der Waals surface area contributed by atoms with Crippen molar-refractivity contribution in [2.75, 3.05) is 0 Å². The van der Waals surface area contributed by atoms with Gasteiger partial charge in [-0.2, -0.15) is 0 Å². The smallest absolute Gasteiger partial charge is 0.219 e. The third kappa shape index (κ3) is 1.67. The average Bonchev–Trinajstić information content (AvgIpc) is 3.07. The zero-order valence-electron chi connectivity index (χ0n) is 11.5. The zero-order valence-corrected chi connectivity index (χ0v) is 11.5. The minimum atomic E-state index is -2.35. The van der Waals surface area contributed by atoms with E-state index in [2.05, 4.69) is 0 Å². The van der Waals surface area contributed by atoms with Gasteiger partial charge < -0.3 is 20.4 Å². The quantitative estimate of drug-likeness (QED) is 0.570. The van der Waals surface area contributed by atoms with Gasteiger partial charge in [0.15, 0.2) is 0 Å². The van der Waals surface area contributed by atoms with Crippen LogP contribution in [0.3, 0.4) is 0 Å². The molecule has 4 heteroatoms. The molecule has 4 N–H and O–H groups in total. The predicted molar refractivity (Wildman–Crippen MR) is 70.2 cm³/mol. The van der Waals surface area contributed by atoms with E-state index < -0.39 is 22.9 Å². The first-order valence-electron chi connectivity index (χ1n) is 7.79. The van der Waals surface area contributed by atoms with Crippen LogP contribution in [0.25, 0.3) is 0 Å². The number of hydrogen-bond donors (Lipinski definition) is 4. The molecular formula is C15H26O4. The summed E-state index contributed by atoms with van der Waals surface area (Å²) >= 11 is 0. The summed E-state index contributed by atoms with van der Waals surface area (Å²) in [7, 11) is 0. The first-order chi connectivity index (χ1) is 8.94. The first-order valence-corrected chi connectivity index (χ1v) is 7.79. The van der Waals surface area contributed by atoms with Gasteiger partial charge in [-0.3, -0.25) is 0 Å². The van der Waals surface area contributed by atoms with Crippen molar-refractivity contribution in [3.8, 4) is 0 Å². The van der Waals surface area contributed by atoms with E-state index in [1.807, 2.05) is 0 Å². The summed E-state index contributed by atoms with van der Waals surface area (Å²) in [6.45, 7) is 0. The second-order valence-corrected chi connectivity index (χ2v) is 6.99. The Morgan fingerprint density at radius 2 is 1.32 bits per heavy atom. The van der Waals surface area contributed by atoms with E-state index in [-0.39, 0.29) is 6.42 Å². The Hall–Kier alpha value is -0.160. The van der Waals surface area contributed by atoms with Crippen LogP contribution in [0, 0.1) is 11.3 Å². The predicted octanol–water partition coefficient (Wildman–Crippen LogP) is 1.30. The molecule has 0 aromatic rings. The first kappa shape index (κ1) is 13.8. The molecule has 0 aromatic carbocycles. The maximum Gasteiger partial charge on any atom is 0.219 e. The van der Waals surface area contributed by atoms with Crippen molar-refractivity contribution in [2.45, 2.75) is 81.7 Å². The molecule has 2 atom stereocenters. The molecule has 3 fully saturated rings. The van der Waals surface area contributed by atoms with E-state index in [1.54, 1.807) is 0 Å². The summed E-state index contributed by atoms with van der Waals surface area (Å²) in [4.78, 5) is 0. The Bertz CT molecular complexity index is 342. The molecule has 0 heterocycles. The van der Waals surface area contributed by atoms with Crippen LogP contribution in [-0.2, 0) is 0 Å². The van der Waals surface area contributed by atoms with Gasteiger partial charge in [-0.15, -0.1) is 0 Å². The van der Waals surface area contributed by atoms with E-state index >= 15 is 0 Å². The van der Waals surface area contributed by atoms with Gasteiger partial charge in [0.2, 0.25) is 5.79 Å². The highest BCUT2D eigenvalue weighted by Gasteiger charge is 2.69. The highest BCUT2D eigenvalue weighted by molar-refractivity contribution is 5.16. The minimum absolute atomic E-state index is 0.276. The van der Waals surface area contributed by atoms with Crippen molar-refractivity contribution in [3.63, 3.8) is 0 Å². The monoisotopic (exact) mass is 270 g/mol. The molecule has 110 valence electrons. The second kappa shape index (κ2) is 4.42. The Morgan fingerprint density at radius 3 is 1.79 bits per heavy atom. The lowest BCUT2D eigenvalue weighted by Gasteiger charge is -2.52. The Morgan fingerprint density at radius 1 is 0.737 bits per heavy atom. The molecule has 4 nitrogen and oxygen atoms in total. The molecule has 0 spiro atoms. The topological polar surface area (TPSA) is 80.9 Å². The van der Waals surface area contributed by atoms with Crippen LogP contribution in [0.15, 0.2) is 0 Å². The van der Waals surface area contributed by atoms with E-state index in [9.17, 15) is 20.4 Å². The van der Waals surface area contributed by atoms with Crippen molar-refractivity contribution >= 4 is 0 Å². The molecule has 2 unspecified atom stereocenters. The molecule has 0 aliphatic heterocycles. The van der Waals surface area contributed by atoms with Gasteiger partial charge in [-0.25, -0.2) is 0 Å². The SMILES string of the molecule is OC1CCC(O)(C2(C3CCCC3)CCCC2)C1(O)O. The third-order valence-corrected chi connectivity index (χ3v) is 6.31. The van der Waals surface area contributed by atoms with Crippen LogP contribution in [0.2, 0.25) is 0 Å². The zero-order chi connectivity index (χ0) is 13.7. The molecule has 0 amide bonds. The van der Waals surface area contributed by atoms with E-state index in [0.717, 1.165) is 38.5 Å². The number of rotatable bonds is 2. The van der Waals surface area contributed by atoms with Crippen molar-refractivity contribution in [3.05, 3.63) is 0 Å². The Labute approximate surface area is 114 Å². The lowest BCUT2D eigenvalue weighted by atomic mass is 9.59. The van der Waals surface area contributed by atoms with Crippen LogP contribution < -0.4 is 0 Å². The fraction of sp³-hybridized carbons (Fsp3) is 1.00. The van der Waals surface area contributed by atoms with Crippen molar-refractivity contribution in [1.82, 2.24) is 0 Å². The number of hydrogen-bond acceptors (Lipinski definition) is 4. The maximum absolute atomic E-state index is 11.1. The van der Waals surface area contributed by atoms with Gasteiger partial charge in [0.25, 0.3) is 0 Å². The lowest BCUT2D eigenvalue weighted by Crippen LogP contribution is -2.65. The van der Waals surface area contributed by atoms with Gasteiger partial charge in [0.05, 0.1) is 0 Å². The van der Waals surface area contributed by atoms with Crippen molar-refractivity contribution in [1.29, 1.82) is 0 Å². The summed E-state index contributed by atoms with van der Waals surface area (Å²) in [6.07, 6.45) is 7.68. The molecular weight excluding hydrogens is 244 g/mol. The van der Waals surface area contributed by atoms with Gasteiger partial charge >= 0.3 is 0 Å². The van der Waals surface area contributed by atoms with Crippen LogP contribution >= 0.6 is 0 Å². The van der Waals surface area contributed by atoms with E-state index in [4.69, 9.17) is 0 Å². The number of aliphatic hydroxyl groups is 4. The molecule has 0 aromatic heterocycles. The van der Waals surface area contributed by atoms with Crippen molar-refractivity contribution < 1.29 is 20.4 Å². The van der Waals surface area contributed by atoms with Gasteiger partial charge in [-0.1, -0.05) is 25.7 Å². The van der Waals surface area contributed by atoms with Crippen LogP contribution in [-0.4, -0.2) is 37.9 Å². The lowest BCUT2D eigenvalue weighted by molar-refractivity contribution is -0.328. The van der Waals surface area contributed by atoms with Gasteiger partial charge in [0, 0.05) is 5.41 Å². The Kier molecular flexibility index (Phi) is 3.21. The highest BCUT2D eigenvalue weighted by Crippen LogP contribution is 2.62. The molecule has 0 saturated heterocycles. The van der Waals surface area contributed by atoms with Crippen LogP contribution in [0.4, 0.5) is 0 Å². The number of aliphatic hydroxyl groups excluding tert-OH is 1. The van der Waals surface area contributed by atoms with E-state index in [1.165, 1.54) is 12.8 Å². The molecule has 3 saturated carbocycles. The molecule has 0 bridgehead atoms. The van der Waals surface area contributed by atoms with Gasteiger partial charge in [0.1, 0.15) is 11.7 Å². The molecule has 3 aliphatic carbocycles. The summed E-state index contributed by atoms with van der Waals surface area (Å²) in [6, 6.07) is 0. The van der Waals surface area contributed by atoms with E-state index in [0.29, 0.717) is 12.3 Å². The largest absolute Gasteiger partial charge is 0.387 e. The van der Waals surface area contributed by atoms with Gasteiger partial charge in [-0.05, 0) is 44.4 Å². The summed E-state index contributed by atoms with van der Waals surface area (Å²) in [5.41, 5.74) is -1.94. The molecule has 19 heavy (non-hydrogen) atoms. The molecule has 0 radical (unpaired) electrons. The normalized spacial score (nSPS) is 42.0. The summed E-state index contributed by atoms with van der Waals surface area (Å²) in [5, 5.41) is 41.6. The molecule has 3 rings (SSSR count). The Balaban J connectivity index is 2.00. The minimum Gasteiger partial charge on any atom is -0.387 e. The highest BCUT2D eigenvalue weighted by atomic mass is 16.5. The second-order valence-electron chi connectivity index (χ2n) is 6.99. The molecule has 3 aliphatic rings. The fourth-order valence-corrected chi connectivity index (χ4v) is 5.27. The average molecular weight is 270 g/mol.